The van der Waals surface area contributed by atoms with Crippen LogP contribution in [0.4, 0.5) is 0 Å². The molecule has 0 bridgehead atoms. The largest absolute Gasteiger partial charge is 0.454 e. The average molecular weight is 1160 g/mol. The summed E-state index contributed by atoms with van der Waals surface area (Å²) in [6.07, 6.45) is 64.3. The van der Waals surface area contributed by atoms with E-state index in [4.69, 9.17) is 14.2 Å². The molecular weight excluding hydrogens is 1030 g/mol. The van der Waals surface area contributed by atoms with Crippen LogP contribution in [0, 0.1) is 0 Å². The first-order valence-electron chi connectivity index (χ1n) is 34.6. The van der Waals surface area contributed by atoms with Crippen molar-refractivity contribution < 1.29 is 49.3 Å². The van der Waals surface area contributed by atoms with Crippen molar-refractivity contribution in [2.75, 3.05) is 13.2 Å². The summed E-state index contributed by atoms with van der Waals surface area (Å²) in [6, 6.07) is -1.05. The first-order chi connectivity index (χ1) is 40.2. The number of esters is 1. The fraction of sp³-hybridized carbons (Fsp3) is 0.831. The molecule has 1 aliphatic heterocycles. The minimum absolute atomic E-state index is 0.120. The number of hydrogen-bond donors (Lipinski definition) is 6. The summed E-state index contributed by atoms with van der Waals surface area (Å²) in [5.74, 6) is -1.24. The van der Waals surface area contributed by atoms with Gasteiger partial charge in [-0.25, -0.2) is 0 Å². The third-order valence-corrected chi connectivity index (χ3v) is 16.2. The first kappa shape index (κ1) is 77.4. The maximum absolute atomic E-state index is 13.4. The molecule has 478 valence electrons. The molecule has 11 heteroatoms. The lowest BCUT2D eigenvalue weighted by Crippen LogP contribution is -2.61. The van der Waals surface area contributed by atoms with Crippen molar-refractivity contribution in [3.8, 4) is 0 Å². The molecule has 8 unspecified atom stereocenters. The molecule has 0 aromatic heterocycles. The Balaban J connectivity index is 2.59. The number of amides is 1. The Morgan fingerprint density at radius 2 is 0.841 bits per heavy atom. The summed E-state index contributed by atoms with van der Waals surface area (Å²) in [5, 5.41) is 57.0. The van der Waals surface area contributed by atoms with Crippen molar-refractivity contribution in [1.29, 1.82) is 0 Å². The van der Waals surface area contributed by atoms with Crippen LogP contribution < -0.4 is 5.32 Å². The number of nitrogens with one attached hydrogen (secondary N) is 1. The molecule has 0 aromatic rings. The van der Waals surface area contributed by atoms with Crippen LogP contribution in [0.1, 0.15) is 316 Å². The van der Waals surface area contributed by atoms with E-state index in [0.29, 0.717) is 12.8 Å². The van der Waals surface area contributed by atoms with E-state index >= 15 is 0 Å². The number of aliphatic hydroxyl groups excluding tert-OH is 5. The summed E-state index contributed by atoms with van der Waals surface area (Å²) >= 11 is 0. The van der Waals surface area contributed by atoms with E-state index in [1.54, 1.807) is 6.08 Å². The van der Waals surface area contributed by atoms with Gasteiger partial charge in [-0.1, -0.05) is 306 Å². The molecule has 1 amide bonds. The third-order valence-electron chi connectivity index (χ3n) is 16.2. The molecule has 82 heavy (non-hydrogen) atoms. The lowest BCUT2D eigenvalue weighted by Gasteiger charge is -2.41. The lowest BCUT2D eigenvalue weighted by atomic mass is 9.99. The smallest absolute Gasteiger partial charge is 0.306 e. The number of rotatable bonds is 59. The molecule has 8 atom stereocenters. The van der Waals surface area contributed by atoms with Gasteiger partial charge in [-0.05, 0) is 64.2 Å². The Morgan fingerprint density at radius 3 is 1.28 bits per heavy atom. The Kier molecular flexibility index (Phi) is 55.4. The molecule has 0 aromatic carbocycles. The van der Waals surface area contributed by atoms with Crippen LogP contribution in [-0.4, -0.2) is 99.6 Å². The fourth-order valence-electron chi connectivity index (χ4n) is 10.7. The summed E-state index contributed by atoms with van der Waals surface area (Å²) in [7, 11) is 0. The molecular formula is C71H129NO10. The highest BCUT2D eigenvalue weighted by Gasteiger charge is 2.47. The number of unbranched alkanes of at least 4 members (excludes halogenated alkanes) is 37. The van der Waals surface area contributed by atoms with Gasteiger partial charge in [-0.3, -0.25) is 9.59 Å². The Labute approximate surface area is 503 Å². The summed E-state index contributed by atoms with van der Waals surface area (Å²) in [4.78, 5) is 26.6. The second-order valence-corrected chi connectivity index (χ2v) is 23.9. The zero-order valence-electron chi connectivity index (χ0n) is 53.1. The van der Waals surface area contributed by atoms with Crippen LogP contribution in [0.15, 0.2) is 60.8 Å². The second kappa shape index (κ2) is 58.7. The van der Waals surface area contributed by atoms with E-state index in [9.17, 15) is 35.1 Å². The third kappa shape index (κ3) is 45.7. The number of carbonyl (C=O) groups is 2. The Bertz CT molecular complexity index is 1560. The molecule has 1 heterocycles. The standard InChI is InChI=1S/C71H129NO10/c1-4-7-10-13-16-19-22-25-27-29-30-31-32-33-34-35-36-37-39-41-44-47-50-53-56-59-66(76)82-69-68(78)67(77)65(60-73)81-71(69)80-61-62(63(74)57-54-51-48-45-42-24-21-18-15-12-9-6-3)72-70(79)64(75)58-55-52-49-46-43-40-38-28-26-23-20-17-14-11-8-5-2/h17,20,26,28,40,43,49,52,54,57,62-65,67-69,71,73-75,77-78H,4-16,18-19,21-25,27,29-39,41-42,44-48,50-51,53,55-56,58-61H2,1-3H3,(H,72,79)/b20-17-,28-26-,43-40-,52-49-,57-54+. The Hall–Kier alpha value is -2.64. The maximum atomic E-state index is 13.4. The first-order valence-corrected chi connectivity index (χ1v) is 34.6. The van der Waals surface area contributed by atoms with Crippen LogP contribution in [0.5, 0.6) is 0 Å². The Morgan fingerprint density at radius 1 is 0.476 bits per heavy atom. The van der Waals surface area contributed by atoms with Crippen LogP contribution in [0.2, 0.25) is 0 Å². The van der Waals surface area contributed by atoms with Gasteiger partial charge in [-0.2, -0.15) is 0 Å². The fourth-order valence-corrected chi connectivity index (χ4v) is 10.7. The van der Waals surface area contributed by atoms with Gasteiger partial charge in [-0.15, -0.1) is 0 Å². The van der Waals surface area contributed by atoms with Crippen LogP contribution in [0.3, 0.4) is 0 Å². The summed E-state index contributed by atoms with van der Waals surface area (Å²) in [5.41, 5.74) is 0. The van der Waals surface area contributed by atoms with Crippen molar-refractivity contribution in [2.45, 2.75) is 365 Å². The van der Waals surface area contributed by atoms with Crippen LogP contribution in [0.25, 0.3) is 0 Å². The van der Waals surface area contributed by atoms with Crippen molar-refractivity contribution in [3.05, 3.63) is 60.8 Å². The van der Waals surface area contributed by atoms with Gasteiger partial charge < -0.3 is 45.1 Å². The predicted molar refractivity (Wildman–Crippen MR) is 343 cm³/mol. The van der Waals surface area contributed by atoms with E-state index in [0.717, 1.165) is 70.6 Å². The predicted octanol–water partition coefficient (Wildman–Crippen LogP) is 17.3. The van der Waals surface area contributed by atoms with Crippen LogP contribution >= 0.6 is 0 Å². The van der Waals surface area contributed by atoms with E-state index in [1.165, 1.54) is 199 Å². The number of ether oxygens (including phenoxy) is 3. The van der Waals surface area contributed by atoms with Gasteiger partial charge >= 0.3 is 5.97 Å². The monoisotopic (exact) mass is 1160 g/mol. The minimum Gasteiger partial charge on any atom is -0.454 e. The highest BCUT2D eigenvalue weighted by molar-refractivity contribution is 5.80. The molecule has 6 N–H and O–H groups in total. The van der Waals surface area contributed by atoms with Crippen molar-refractivity contribution in [3.63, 3.8) is 0 Å². The minimum atomic E-state index is -1.62. The number of carbonyl (C=O) groups excluding carboxylic acids is 2. The van der Waals surface area contributed by atoms with Crippen molar-refractivity contribution in [1.82, 2.24) is 5.32 Å². The number of allylic oxidation sites excluding steroid dienone is 9. The van der Waals surface area contributed by atoms with Gasteiger partial charge in [0.05, 0.1) is 25.4 Å². The van der Waals surface area contributed by atoms with E-state index < -0.39 is 67.4 Å². The molecule has 1 rings (SSSR count). The number of aliphatic hydroxyl groups is 5. The van der Waals surface area contributed by atoms with Gasteiger partial charge in [0.2, 0.25) is 5.91 Å². The molecule has 1 fully saturated rings. The van der Waals surface area contributed by atoms with Crippen molar-refractivity contribution in [2.24, 2.45) is 0 Å². The highest BCUT2D eigenvalue weighted by Crippen LogP contribution is 2.26. The topological polar surface area (TPSA) is 175 Å². The quantitative estimate of drug-likeness (QED) is 0.0195. The molecule has 11 nitrogen and oxygen atoms in total. The van der Waals surface area contributed by atoms with Gasteiger partial charge in [0.15, 0.2) is 12.4 Å². The van der Waals surface area contributed by atoms with E-state index in [1.807, 2.05) is 18.2 Å². The highest BCUT2D eigenvalue weighted by atomic mass is 16.7. The zero-order chi connectivity index (χ0) is 59.6. The van der Waals surface area contributed by atoms with E-state index in [-0.39, 0.29) is 19.4 Å². The van der Waals surface area contributed by atoms with Crippen LogP contribution in [-0.2, 0) is 23.8 Å². The lowest BCUT2D eigenvalue weighted by molar-refractivity contribution is -0.305. The molecule has 0 radical (unpaired) electrons. The van der Waals surface area contributed by atoms with Gasteiger partial charge in [0, 0.05) is 6.42 Å². The SMILES string of the molecule is CCCCC/C=C\C/C=C\C/C=C\C/C=C\CCC(O)C(=O)NC(COC1OC(CO)C(O)C(O)C1OC(=O)CCCCCCCCCCCCCCCCCCCCCCCCCCC)C(O)/C=C/CCCCCCCCCCCC. The maximum Gasteiger partial charge on any atom is 0.306 e. The summed E-state index contributed by atoms with van der Waals surface area (Å²) in [6.45, 7) is 5.76. The molecule has 1 aliphatic rings. The zero-order valence-corrected chi connectivity index (χ0v) is 53.1. The average Bonchev–Trinajstić information content (AvgIpc) is 3.68. The van der Waals surface area contributed by atoms with Gasteiger partial charge in [0.25, 0.3) is 0 Å². The van der Waals surface area contributed by atoms with Gasteiger partial charge in [0.1, 0.15) is 24.4 Å². The van der Waals surface area contributed by atoms with Crippen molar-refractivity contribution >= 4 is 11.9 Å². The molecule has 0 spiro atoms. The molecule has 0 saturated carbocycles. The van der Waals surface area contributed by atoms with E-state index in [2.05, 4.69) is 62.5 Å². The molecule has 0 aliphatic carbocycles. The second-order valence-electron chi connectivity index (χ2n) is 23.9. The normalized spacial score (nSPS) is 19.0. The number of hydrogen-bond acceptors (Lipinski definition) is 10. The summed E-state index contributed by atoms with van der Waals surface area (Å²) < 4.78 is 17.6. The molecule has 1 saturated heterocycles.